The van der Waals surface area contributed by atoms with Gasteiger partial charge in [0.1, 0.15) is 12.4 Å². The molecule has 0 spiro atoms. The van der Waals surface area contributed by atoms with Crippen LogP contribution in [0.15, 0.2) is 29.2 Å². The lowest BCUT2D eigenvalue weighted by Gasteiger charge is -2.04. The predicted octanol–water partition coefficient (Wildman–Crippen LogP) is 1.61. The Kier molecular flexibility index (Phi) is 3.14. The van der Waals surface area contributed by atoms with Crippen molar-refractivity contribution in [3.05, 3.63) is 24.3 Å². The molecule has 0 aliphatic heterocycles. The minimum Gasteiger partial charge on any atom is -0.490 e. The van der Waals surface area contributed by atoms with Gasteiger partial charge in [0.15, 0.2) is 0 Å². The predicted molar refractivity (Wildman–Crippen MR) is 44.9 cm³/mol. The Bertz CT molecular complexity index is 225. The highest BCUT2D eigenvalue weighted by molar-refractivity contribution is 7.80. The van der Waals surface area contributed by atoms with Crippen LogP contribution in [0.4, 0.5) is 0 Å². The van der Waals surface area contributed by atoms with Crippen LogP contribution in [0.3, 0.4) is 0 Å². The van der Waals surface area contributed by atoms with Crippen molar-refractivity contribution in [2.45, 2.75) is 4.90 Å². The van der Waals surface area contributed by atoms with Gasteiger partial charge in [0.05, 0.1) is 11.5 Å². The second-order valence-electron chi connectivity index (χ2n) is 2.02. The fourth-order valence-electron chi connectivity index (χ4n) is 0.725. The third-order valence-corrected chi connectivity index (χ3v) is 1.54. The molecule has 0 aromatic heterocycles. The topological polar surface area (TPSA) is 29.5 Å². The van der Waals surface area contributed by atoms with Crippen molar-refractivity contribution in [1.29, 1.82) is 0 Å². The lowest BCUT2D eigenvalue weighted by molar-refractivity contribution is 0.198. The van der Waals surface area contributed by atoms with Crippen molar-refractivity contribution in [3.63, 3.8) is 0 Å². The maximum absolute atomic E-state index is 8.46. The summed E-state index contributed by atoms with van der Waals surface area (Å²) in [5.41, 5.74) is 0. The molecule has 0 aliphatic carbocycles. The normalized spacial score (nSPS) is 9.55. The van der Waals surface area contributed by atoms with Gasteiger partial charge in [0.25, 0.3) is 0 Å². The van der Waals surface area contributed by atoms with E-state index in [1.165, 1.54) is 0 Å². The Morgan fingerprint density at radius 3 is 2.73 bits per heavy atom. The van der Waals surface area contributed by atoms with Crippen molar-refractivity contribution in [2.24, 2.45) is 0 Å². The molecule has 59 valence electrons. The van der Waals surface area contributed by atoms with Crippen molar-refractivity contribution in [2.75, 3.05) is 13.2 Å². The lowest BCUT2D eigenvalue weighted by Crippen LogP contribution is -2.01. The third-order valence-electron chi connectivity index (χ3n) is 1.20. The summed E-state index contributed by atoms with van der Waals surface area (Å²) >= 11 is 4.96. The number of para-hydroxylation sites is 1. The molecule has 1 rings (SSSR count). The molecule has 1 radical (unpaired) electrons. The zero-order valence-corrected chi connectivity index (χ0v) is 6.80. The Morgan fingerprint density at radius 1 is 1.36 bits per heavy atom. The van der Waals surface area contributed by atoms with E-state index in [0.717, 1.165) is 0 Å². The molecule has 1 aromatic carbocycles. The van der Waals surface area contributed by atoms with Crippen molar-refractivity contribution >= 4 is 12.6 Å². The minimum atomic E-state index is 0.0175. The van der Waals surface area contributed by atoms with E-state index in [1.807, 2.05) is 12.1 Å². The fraction of sp³-hybridized carbons (Fsp3) is 0.250. The average Bonchev–Trinajstić information content (AvgIpc) is 2.03. The van der Waals surface area contributed by atoms with E-state index in [1.54, 1.807) is 12.1 Å². The van der Waals surface area contributed by atoms with Crippen molar-refractivity contribution < 1.29 is 9.84 Å². The molecule has 0 heterocycles. The summed E-state index contributed by atoms with van der Waals surface area (Å²) in [6.45, 7) is 0.317. The highest BCUT2D eigenvalue weighted by Crippen LogP contribution is 2.20. The number of ether oxygens (including phenoxy) is 1. The standard InChI is InChI=1S/C8H9O2S/c9-5-6-10-7-3-1-2-4-8(7)11/h1-4,9H,5-6H2. The number of aliphatic hydroxyl groups excluding tert-OH is 1. The van der Waals surface area contributed by atoms with Crippen LogP contribution in [-0.4, -0.2) is 18.3 Å². The molecule has 1 N–H and O–H groups in total. The highest BCUT2D eigenvalue weighted by atomic mass is 32.1. The molecule has 1 aromatic rings. The van der Waals surface area contributed by atoms with Crippen LogP contribution in [-0.2, 0) is 0 Å². The Balaban J connectivity index is 2.62. The molecule has 0 fully saturated rings. The largest absolute Gasteiger partial charge is 0.490 e. The summed E-state index contributed by atoms with van der Waals surface area (Å²) in [5, 5.41) is 8.46. The molecule has 0 amide bonds. The summed E-state index contributed by atoms with van der Waals surface area (Å²) in [6, 6.07) is 7.29. The maximum Gasteiger partial charge on any atom is 0.137 e. The molecule has 0 saturated heterocycles. The fourth-order valence-corrected chi connectivity index (χ4v) is 0.931. The second kappa shape index (κ2) is 4.16. The zero-order chi connectivity index (χ0) is 8.10. The van der Waals surface area contributed by atoms with Crippen LogP contribution >= 0.6 is 12.6 Å². The first-order valence-electron chi connectivity index (χ1n) is 3.34. The lowest BCUT2D eigenvalue weighted by atomic mass is 10.3. The van der Waals surface area contributed by atoms with E-state index >= 15 is 0 Å². The maximum atomic E-state index is 8.46. The Labute approximate surface area is 71.2 Å². The quantitative estimate of drug-likeness (QED) is 0.745. The van der Waals surface area contributed by atoms with E-state index < -0.39 is 0 Å². The molecule has 0 bridgehead atoms. The number of aliphatic hydroxyl groups is 1. The van der Waals surface area contributed by atoms with Gasteiger partial charge in [-0.05, 0) is 12.1 Å². The van der Waals surface area contributed by atoms with Gasteiger partial charge in [-0.2, -0.15) is 0 Å². The van der Waals surface area contributed by atoms with Crippen LogP contribution < -0.4 is 4.74 Å². The second-order valence-corrected chi connectivity index (χ2v) is 2.46. The van der Waals surface area contributed by atoms with Crippen LogP contribution in [0.1, 0.15) is 0 Å². The van der Waals surface area contributed by atoms with Gasteiger partial charge in [-0.25, -0.2) is 0 Å². The summed E-state index contributed by atoms with van der Waals surface area (Å²) in [5.74, 6) is 0.663. The molecular weight excluding hydrogens is 160 g/mol. The molecule has 0 saturated carbocycles. The first kappa shape index (κ1) is 8.30. The summed E-state index contributed by atoms with van der Waals surface area (Å²) in [7, 11) is 0. The molecule has 3 heteroatoms. The number of benzene rings is 1. The highest BCUT2D eigenvalue weighted by Gasteiger charge is 1.96. The minimum absolute atomic E-state index is 0.0175. The van der Waals surface area contributed by atoms with Crippen molar-refractivity contribution in [3.8, 4) is 5.75 Å². The molecule has 0 atom stereocenters. The van der Waals surface area contributed by atoms with E-state index in [4.69, 9.17) is 22.5 Å². The van der Waals surface area contributed by atoms with Gasteiger partial charge in [0.2, 0.25) is 0 Å². The van der Waals surface area contributed by atoms with Gasteiger partial charge in [-0.1, -0.05) is 24.8 Å². The van der Waals surface area contributed by atoms with Crippen LogP contribution in [0, 0.1) is 0 Å². The monoisotopic (exact) mass is 169 g/mol. The third kappa shape index (κ3) is 2.37. The molecule has 0 aliphatic rings. The number of hydrogen-bond acceptors (Lipinski definition) is 2. The molecule has 0 unspecified atom stereocenters. The van der Waals surface area contributed by atoms with E-state index in [2.05, 4.69) is 0 Å². The van der Waals surface area contributed by atoms with E-state index in [0.29, 0.717) is 17.3 Å². The van der Waals surface area contributed by atoms with Crippen LogP contribution in [0.2, 0.25) is 0 Å². The molecular formula is C8H9O2S. The van der Waals surface area contributed by atoms with Crippen molar-refractivity contribution in [1.82, 2.24) is 0 Å². The Morgan fingerprint density at radius 2 is 2.09 bits per heavy atom. The Hall–Kier alpha value is -0.800. The van der Waals surface area contributed by atoms with Gasteiger partial charge >= 0.3 is 0 Å². The van der Waals surface area contributed by atoms with Crippen LogP contribution in [0.5, 0.6) is 5.75 Å². The van der Waals surface area contributed by atoms with E-state index in [9.17, 15) is 0 Å². The average molecular weight is 169 g/mol. The van der Waals surface area contributed by atoms with Gasteiger partial charge < -0.3 is 9.84 Å². The van der Waals surface area contributed by atoms with Gasteiger partial charge in [-0.15, -0.1) is 0 Å². The SMILES string of the molecule is OCCOc1ccccc1[S]. The summed E-state index contributed by atoms with van der Waals surface area (Å²) in [6.07, 6.45) is 0. The van der Waals surface area contributed by atoms with Gasteiger partial charge in [-0.3, -0.25) is 0 Å². The zero-order valence-electron chi connectivity index (χ0n) is 5.99. The molecule has 2 nitrogen and oxygen atoms in total. The smallest absolute Gasteiger partial charge is 0.137 e. The number of rotatable bonds is 3. The molecule has 11 heavy (non-hydrogen) atoms. The first-order valence-corrected chi connectivity index (χ1v) is 3.75. The first-order chi connectivity index (χ1) is 5.34. The van der Waals surface area contributed by atoms with E-state index in [-0.39, 0.29) is 6.61 Å². The summed E-state index contributed by atoms with van der Waals surface area (Å²) in [4.78, 5) is 0.681. The van der Waals surface area contributed by atoms with Crippen LogP contribution in [0.25, 0.3) is 0 Å². The number of hydrogen-bond donors (Lipinski definition) is 1. The summed E-state index contributed by atoms with van der Waals surface area (Å²) < 4.78 is 5.13. The van der Waals surface area contributed by atoms with Gasteiger partial charge in [0, 0.05) is 0 Å².